The van der Waals surface area contributed by atoms with Crippen LogP contribution in [0.25, 0.3) is 0 Å². The van der Waals surface area contributed by atoms with Crippen molar-refractivity contribution in [3.8, 4) is 0 Å². The van der Waals surface area contributed by atoms with E-state index in [1.807, 2.05) is 13.8 Å². The van der Waals surface area contributed by atoms with Crippen molar-refractivity contribution in [1.29, 1.82) is 0 Å². The highest BCUT2D eigenvalue weighted by Gasteiger charge is 2.48. The van der Waals surface area contributed by atoms with E-state index in [2.05, 4.69) is 5.32 Å². The number of rotatable bonds is 6. The summed E-state index contributed by atoms with van der Waals surface area (Å²) in [5, 5.41) is 11.7. The molecule has 0 bridgehead atoms. The molecule has 92 valence electrons. The summed E-state index contributed by atoms with van der Waals surface area (Å²) in [5.41, 5.74) is -1.14. The maximum Gasteiger partial charge on any atom is 0.329 e. The van der Waals surface area contributed by atoms with Gasteiger partial charge in [-0.1, -0.05) is 0 Å². The van der Waals surface area contributed by atoms with Gasteiger partial charge in [0.25, 0.3) is 0 Å². The quantitative estimate of drug-likeness (QED) is 0.705. The van der Waals surface area contributed by atoms with Crippen molar-refractivity contribution in [2.75, 3.05) is 6.61 Å². The SMILES string of the molecule is CC(C)OCC(=O)NC(C)(C(=O)O)C1CC1. The molecule has 0 aromatic rings. The highest BCUT2D eigenvalue weighted by Crippen LogP contribution is 2.39. The lowest BCUT2D eigenvalue weighted by Crippen LogP contribution is -2.55. The Morgan fingerprint density at radius 2 is 2.06 bits per heavy atom. The zero-order valence-corrected chi connectivity index (χ0v) is 9.95. The number of carboxylic acids is 1. The number of nitrogens with one attached hydrogen (secondary N) is 1. The van der Waals surface area contributed by atoms with Gasteiger partial charge >= 0.3 is 5.97 Å². The third-order valence-electron chi connectivity index (χ3n) is 2.78. The van der Waals surface area contributed by atoms with Crippen molar-refractivity contribution in [3.63, 3.8) is 0 Å². The zero-order chi connectivity index (χ0) is 12.3. The number of carboxylic acid groups (broad SMARTS) is 1. The molecule has 0 spiro atoms. The van der Waals surface area contributed by atoms with E-state index in [0.717, 1.165) is 12.8 Å². The summed E-state index contributed by atoms with van der Waals surface area (Å²) < 4.78 is 5.12. The first-order chi connectivity index (χ1) is 7.36. The number of carbonyl (C=O) groups is 2. The summed E-state index contributed by atoms with van der Waals surface area (Å²) in [6.45, 7) is 5.11. The lowest BCUT2D eigenvalue weighted by atomic mass is 9.96. The van der Waals surface area contributed by atoms with Crippen LogP contribution in [-0.4, -0.2) is 35.2 Å². The standard InChI is InChI=1S/C11H19NO4/c1-7(2)16-6-9(13)12-11(3,10(14)15)8-4-5-8/h7-8H,4-6H2,1-3H3,(H,12,13)(H,14,15). The maximum absolute atomic E-state index is 11.5. The molecule has 0 aromatic heterocycles. The van der Waals surface area contributed by atoms with E-state index in [1.54, 1.807) is 6.92 Å². The van der Waals surface area contributed by atoms with Crippen LogP contribution in [0.5, 0.6) is 0 Å². The topological polar surface area (TPSA) is 75.6 Å². The van der Waals surface area contributed by atoms with Crippen molar-refractivity contribution < 1.29 is 19.4 Å². The third kappa shape index (κ3) is 3.20. The second kappa shape index (κ2) is 4.82. The zero-order valence-electron chi connectivity index (χ0n) is 9.95. The molecule has 1 fully saturated rings. The second-order valence-corrected chi connectivity index (χ2v) is 4.69. The maximum atomic E-state index is 11.5. The molecule has 2 N–H and O–H groups in total. The average Bonchev–Trinajstić information content (AvgIpc) is 2.97. The summed E-state index contributed by atoms with van der Waals surface area (Å²) in [4.78, 5) is 22.6. The minimum atomic E-state index is -1.14. The summed E-state index contributed by atoms with van der Waals surface area (Å²) in [6.07, 6.45) is 1.67. The molecule has 1 atom stereocenters. The first kappa shape index (κ1) is 13.0. The van der Waals surface area contributed by atoms with Crippen LogP contribution in [0.4, 0.5) is 0 Å². The number of hydrogen-bond donors (Lipinski definition) is 2. The van der Waals surface area contributed by atoms with Gasteiger partial charge in [0.1, 0.15) is 12.1 Å². The summed E-state index contributed by atoms with van der Waals surface area (Å²) in [7, 11) is 0. The fourth-order valence-corrected chi connectivity index (χ4v) is 1.56. The summed E-state index contributed by atoms with van der Waals surface area (Å²) in [6, 6.07) is 0. The molecule has 1 aliphatic rings. The number of amides is 1. The van der Waals surface area contributed by atoms with Crippen LogP contribution in [0.3, 0.4) is 0 Å². The van der Waals surface area contributed by atoms with Gasteiger partial charge in [0.15, 0.2) is 0 Å². The van der Waals surface area contributed by atoms with Crippen molar-refractivity contribution in [2.45, 2.75) is 45.3 Å². The van der Waals surface area contributed by atoms with Gasteiger partial charge in [-0.3, -0.25) is 4.79 Å². The molecule has 1 saturated carbocycles. The van der Waals surface area contributed by atoms with Gasteiger partial charge in [0.05, 0.1) is 6.10 Å². The molecule has 1 aliphatic carbocycles. The molecule has 0 heterocycles. The van der Waals surface area contributed by atoms with E-state index in [-0.39, 0.29) is 24.5 Å². The molecule has 0 radical (unpaired) electrons. The second-order valence-electron chi connectivity index (χ2n) is 4.69. The van der Waals surface area contributed by atoms with Crippen molar-refractivity contribution in [1.82, 2.24) is 5.32 Å². The molecule has 5 nitrogen and oxygen atoms in total. The van der Waals surface area contributed by atoms with Gasteiger partial charge in [-0.25, -0.2) is 4.79 Å². The van der Waals surface area contributed by atoms with E-state index < -0.39 is 11.5 Å². The fraction of sp³-hybridized carbons (Fsp3) is 0.818. The molecule has 0 aromatic carbocycles. The Hall–Kier alpha value is -1.10. The van der Waals surface area contributed by atoms with Crippen molar-refractivity contribution in [3.05, 3.63) is 0 Å². The van der Waals surface area contributed by atoms with Crippen molar-refractivity contribution >= 4 is 11.9 Å². The van der Waals surface area contributed by atoms with Gasteiger partial charge in [0, 0.05) is 0 Å². The Kier molecular flexibility index (Phi) is 3.91. The van der Waals surface area contributed by atoms with E-state index in [9.17, 15) is 9.59 Å². The van der Waals surface area contributed by atoms with Crippen LogP contribution in [0.15, 0.2) is 0 Å². The normalized spacial score (nSPS) is 19.2. The molecule has 0 aliphatic heterocycles. The van der Waals surface area contributed by atoms with Crippen molar-refractivity contribution in [2.24, 2.45) is 5.92 Å². The van der Waals surface area contributed by atoms with Crippen LogP contribution in [0.2, 0.25) is 0 Å². The largest absolute Gasteiger partial charge is 0.480 e. The van der Waals surface area contributed by atoms with E-state index in [0.29, 0.717) is 0 Å². The Labute approximate surface area is 95.2 Å². The van der Waals surface area contributed by atoms with Crippen LogP contribution in [0, 0.1) is 5.92 Å². The van der Waals surface area contributed by atoms with E-state index >= 15 is 0 Å². The number of carbonyl (C=O) groups excluding carboxylic acids is 1. The number of hydrogen-bond acceptors (Lipinski definition) is 3. The first-order valence-electron chi connectivity index (χ1n) is 5.52. The minimum Gasteiger partial charge on any atom is -0.480 e. The fourth-order valence-electron chi connectivity index (χ4n) is 1.56. The van der Waals surface area contributed by atoms with E-state index in [1.165, 1.54) is 0 Å². The first-order valence-corrected chi connectivity index (χ1v) is 5.52. The van der Waals surface area contributed by atoms with Crippen LogP contribution in [0.1, 0.15) is 33.6 Å². The Morgan fingerprint density at radius 1 is 1.50 bits per heavy atom. The van der Waals surface area contributed by atoms with Gasteiger partial charge < -0.3 is 15.2 Å². The Morgan fingerprint density at radius 3 is 2.44 bits per heavy atom. The highest BCUT2D eigenvalue weighted by atomic mass is 16.5. The molecule has 1 amide bonds. The summed E-state index contributed by atoms with van der Waals surface area (Å²) in [5.74, 6) is -1.30. The molecular formula is C11H19NO4. The molecule has 1 rings (SSSR count). The minimum absolute atomic E-state index is 0.0391. The summed E-state index contributed by atoms with van der Waals surface area (Å²) >= 11 is 0. The lowest BCUT2D eigenvalue weighted by molar-refractivity contribution is -0.148. The van der Waals surface area contributed by atoms with Crippen LogP contribution >= 0.6 is 0 Å². The Bertz CT molecular complexity index is 286. The monoisotopic (exact) mass is 229 g/mol. The molecule has 5 heteroatoms. The number of ether oxygens (including phenoxy) is 1. The van der Waals surface area contributed by atoms with Gasteiger partial charge in [-0.15, -0.1) is 0 Å². The van der Waals surface area contributed by atoms with Crippen LogP contribution < -0.4 is 5.32 Å². The average molecular weight is 229 g/mol. The molecule has 0 saturated heterocycles. The molecule has 16 heavy (non-hydrogen) atoms. The van der Waals surface area contributed by atoms with Gasteiger partial charge in [0.2, 0.25) is 5.91 Å². The van der Waals surface area contributed by atoms with Crippen LogP contribution in [-0.2, 0) is 14.3 Å². The Balaban J connectivity index is 2.49. The smallest absolute Gasteiger partial charge is 0.329 e. The predicted molar refractivity (Wildman–Crippen MR) is 58.0 cm³/mol. The van der Waals surface area contributed by atoms with Gasteiger partial charge in [-0.2, -0.15) is 0 Å². The van der Waals surface area contributed by atoms with Gasteiger partial charge in [-0.05, 0) is 39.5 Å². The number of aliphatic carboxylic acids is 1. The predicted octanol–water partition coefficient (Wildman–Crippen LogP) is 0.781. The molecular weight excluding hydrogens is 210 g/mol. The lowest BCUT2D eigenvalue weighted by Gasteiger charge is -2.26. The van der Waals surface area contributed by atoms with E-state index in [4.69, 9.17) is 9.84 Å². The molecule has 1 unspecified atom stereocenters. The third-order valence-corrected chi connectivity index (χ3v) is 2.78. The highest BCUT2D eigenvalue weighted by molar-refractivity contribution is 5.87.